The molecule has 0 fully saturated rings. The number of halogens is 1. The molecule has 1 aromatic rings. The summed E-state index contributed by atoms with van der Waals surface area (Å²) in [5.74, 6) is -0.203. The molecule has 5 heteroatoms. The fraction of sp³-hybridized carbons (Fsp3) is 0.500. The number of nitrogens with zero attached hydrogens (tertiary/aromatic N) is 1. The standard InChI is InChI=1S/C12H19N3O.ClH/c1-8(9(2)13)12(16)15-10(3)11-5-4-6-14-7-11;/h4-10H,13H2,1-3H3,(H,15,16);1H. The second kappa shape index (κ2) is 7.25. The van der Waals surface area contributed by atoms with Crippen LogP contribution in [0.25, 0.3) is 0 Å². The van der Waals surface area contributed by atoms with Crippen molar-refractivity contribution in [3.8, 4) is 0 Å². The van der Waals surface area contributed by atoms with Crippen molar-refractivity contribution in [1.82, 2.24) is 10.3 Å². The average Bonchev–Trinajstić information content (AvgIpc) is 2.28. The zero-order valence-electron chi connectivity index (χ0n) is 10.4. The fourth-order valence-corrected chi connectivity index (χ4v) is 1.30. The van der Waals surface area contributed by atoms with E-state index in [0.717, 1.165) is 5.56 Å². The maximum atomic E-state index is 11.8. The summed E-state index contributed by atoms with van der Waals surface area (Å²) in [4.78, 5) is 15.8. The molecule has 3 N–H and O–H groups in total. The van der Waals surface area contributed by atoms with E-state index in [0.29, 0.717) is 0 Å². The fourth-order valence-electron chi connectivity index (χ4n) is 1.30. The lowest BCUT2D eigenvalue weighted by Gasteiger charge is -2.19. The second-order valence-corrected chi connectivity index (χ2v) is 4.16. The highest BCUT2D eigenvalue weighted by Gasteiger charge is 2.19. The number of carbonyl (C=O) groups is 1. The first-order valence-electron chi connectivity index (χ1n) is 5.48. The number of pyridine rings is 1. The number of nitrogens with one attached hydrogen (secondary N) is 1. The SMILES string of the molecule is CC(NC(=O)C(C)C(C)N)c1cccnc1.Cl. The summed E-state index contributed by atoms with van der Waals surface area (Å²) >= 11 is 0. The van der Waals surface area contributed by atoms with Crippen molar-refractivity contribution in [3.05, 3.63) is 30.1 Å². The molecule has 1 heterocycles. The molecule has 3 unspecified atom stereocenters. The minimum atomic E-state index is -0.181. The van der Waals surface area contributed by atoms with Gasteiger partial charge in [0, 0.05) is 24.4 Å². The molecule has 0 aliphatic heterocycles. The number of hydrogen-bond donors (Lipinski definition) is 2. The normalized spacial score (nSPS) is 15.3. The van der Waals surface area contributed by atoms with Crippen molar-refractivity contribution in [1.29, 1.82) is 0 Å². The van der Waals surface area contributed by atoms with E-state index in [9.17, 15) is 4.79 Å². The number of carbonyl (C=O) groups excluding carboxylic acids is 1. The van der Waals surface area contributed by atoms with E-state index in [2.05, 4.69) is 10.3 Å². The summed E-state index contributed by atoms with van der Waals surface area (Å²) in [6.07, 6.45) is 3.46. The van der Waals surface area contributed by atoms with Crippen LogP contribution in [0.15, 0.2) is 24.5 Å². The summed E-state index contributed by atoms with van der Waals surface area (Å²) in [6.45, 7) is 5.60. The molecule has 0 spiro atoms. The van der Waals surface area contributed by atoms with Crippen LogP contribution in [0.5, 0.6) is 0 Å². The van der Waals surface area contributed by atoms with Crippen molar-refractivity contribution in [2.75, 3.05) is 0 Å². The first-order chi connectivity index (χ1) is 7.52. The van der Waals surface area contributed by atoms with Gasteiger partial charge in [0.15, 0.2) is 0 Å². The van der Waals surface area contributed by atoms with Gasteiger partial charge in [-0.15, -0.1) is 12.4 Å². The highest BCUT2D eigenvalue weighted by molar-refractivity contribution is 5.85. The molecule has 0 bridgehead atoms. The van der Waals surface area contributed by atoms with Gasteiger partial charge in [-0.2, -0.15) is 0 Å². The highest BCUT2D eigenvalue weighted by atomic mass is 35.5. The Labute approximate surface area is 108 Å². The Morgan fingerprint density at radius 3 is 2.53 bits per heavy atom. The minimum Gasteiger partial charge on any atom is -0.349 e. The third kappa shape index (κ3) is 4.71. The molecule has 17 heavy (non-hydrogen) atoms. The molecule has 0 radical (unpaired) electrons. The van der Waals surface area contributed by atoms with Gasteiger partial charge in [-0.3, -0.25) is 9.78 Å². The van der Waals surface area contributed by atoms with Gasteiger partial charge in [-0.1, -0.05) is 13.0 Å². The Bertz CT molecular complexity index is 343. The topological polar surface area (TPSA) is 68.0 Å². The molecule has 4 nitrogen and oxygen atoms in total. The number of aromatic nitrogens is 1. The molecule has 1 aromatic heterocycles. The van der Waals surface area contributed by atoms with E-state index in [1.54, 1.807) is 12.4 Å². The van der Waals surface area contributed by atoms with E-state index in [1.807, 2.05) is 32.9 Å². The Morgan fingerprint density at radius 1 is 1.41 bits per heavy atom. The third-order valence-electron chi connectivity index (χ3n) is 2.75. The van der Waals surface area contributed by atoms with Crippen molar-refractivity contribution in [3.63, 3.8) is 0 Å². The van der Waals surface area contributed by atoms with Gasteiger partial charge in [0.05, 0.1) is 6.04 Å². The quantitative estimate of drug-likeness (QED) is 0.862. The Morgan fingerprint density at radius 2 is 2.06 bits per heavy atom. The van der Waals surface area contributed by atoms with Gasteiger partial charge in [0.25, 0.3) is 0 Å². The molecular formula is C12H20ClN3O. The predicted molar refractivity (Wildman–Crippen MR) is 70.9 cm³/mol. The molecular weight excluding hydrogens is 238 g/mol. The molecule has 1 amide bonds. The van der Waals surface area contributed by atoms with E-state index >= 15 is 0 Å². The summed E-state index contributed by atoms with van der Waals surface area (Å²) < 4.78 is 0. The van der Waals surface area contributed by atoms with Crippen LogP contribution in [0, 0.1) is 5.92 Å². The Kier molecular flexibility index (Phi) is 6.76. The molecule has 3 atom stereocenters. The molecule has 0 saturated carbocycles. The number of nitrogens with two attached hydrogens (primary N) is 1. The largest absolute Gasteiger partial charge is 0.349 e. The van der Waals surface area contributed by atoms with Gasteiger partial charge in [-0.05, 0) is 25.5 Å². The van der Waals surface area contributed by atoms with Gasteiger partial charge in [0.1, 0.15) is 0 Å². The van der Waals surface area contributed by atoms with Crippen molar-refractivity contribution < 1.29 is 4.79 Å². The molecule has 1 rings (SSSR count). The number of rotatable bonds is 4. The van der Waals surface area contributed by atoms with Gasteiger partial charge in [-0.25, -0.2) is 0 Å². The van der Waals surface area contributed by atoms with Crippen LogP contribution in [0.1, 0.15) is 32.4 Å². The number of hydrogen-bond acceptors (Lipinski definition) is 3. The molecule has 0 aliphatic carbocycles. The van der Waals surface area contributed by atoms with Crippen LogP contribution in [-0.4, -0.2) is 16.9 Å². The predicted octanol–water partition coefficient (Wildman–Crippen LogP) is 1.66. The molecule has 0 aromatic carbocycles. The van der Waals surface area contributed by atoms with Gasteiger partial charge < -0.3 is 11.1 Å². The van der Waals surface area contributed by atoms with Crippen LogP contribution in [0.4, 0.5) is 0 Å². The number of amides is 1. The Hall–Kier alpha value is -1.13. The smallest absolute Gasteiger partial charge is 0.224 e. The van der Waals surface area contributed by atoms with Crippen LogP contribution in [0.3, 0.4) is 0 Å². The average molecular weight is 258 g/mol. The monoisotopic (exact) mass is 257 g/mol. The lowest BCUT2D eigenvalue weighted by Crippen LogP contribution is -2.39. The maximum Gasteiger partial charge on any atom is 0.224 e. The van der Waals surface area contributed by atoms with E-state index in [-0.39, 0.29) is 36.3 Å². The summed E-state index contributed by atoms with van der Waals surface area (Å²) in [5, 5.41) is 2.92. The lowest BCUT2D eigenvalue weighted by molar-refractivity contribution is -0.125. The molecule has 0 aliphatic rings. The zero-order valence-corrected chi connectivity index (χ0v) is 11.2. The summed E-state index contributed by atoms with van der Waals surface area (Å²) in [5.41, 5.74) is 6.67. The maximum absolute atomic E-state index is 11.8. The molecule has 96 valence electrons. The van der Waals surface area contributed by atoms with Crippen LogP contribution in [0.2, 0.25) is 0 Å². The molecule has 0 saturated heterocycles. The first-order valence-corrected chi connectivity index (χ1v) is 5.48. The van der Waals surface area contributed by atoms with Gasteiger partial charge in [0.2, 0.25) is 5.91 Å². The van der Waals surface area contributed by atoms with E-state index < -0.39 is 0 Å². The summed E-state index contributed by atoms with van der Waals surface area (Å²) in [7, 11) is 0. The van der Waals surface area contributed by atoms with Gasteiger partial charge >= 0.3 is 0 Å². The first kappa shape index (κ1) is 15.9. The van der Waals surface area contributed by atoms with Crippen molar-refractivity contribution in [2.45, 2.75) is 32.9 Å². The second-order valence-electron chi connectivity index (χ2n) is 4.16. The minimum absolute atomic E-state index is 0. The van der Waals surface area contributed by atoms with Crippen molar-refractivity contribution >= 4 is 18.3 Å². The lowest BCUT2D eigenvalue weighted by atomic mass is 10.0. The van der Waals surface area contributed by atoms with Crippen LogP contribution in [-0.2, 0) is 4.79 Å². The third-order valence-corrected chi connectivity index (χ3v) is 2.75. The van der Waals surface area contributed by atoms with Crippen LogP contribution < -0.4 is 11.1 Å². The van der Waals surface area contributed by atoms with E-state index in [1.165, 1.54) is 0 Å². The Balaban J connectivity index is 0.00000256. The van der Waals surface area contributed by atoms with Crippen LogP contribution >= 0.6 is 12.4 Å². The highest BCUT2D eigenvalue weighted by Crippen LogP contribution is 2.11. The summed E-state index contributed by atoms with van der Waals surface area (Å²) in [6, 6.07) is 3.62. The van der Waals surface area contributed by atoms with E-state index in [4.69, 9.17) is 5.73 Å². The zero-order chi connectivity index (χ0) is 12.1. The van der Waals surface area contributed by atoms with Crippen molar-refractivity contribution in [2.24, 2.45) is 11.7 Å².